The number of aryl methyl sites for hydroxylation is 2. The molecule has 1 atom stereocenters. The van der Waals surface area contributed by atoms with Gasteiger partial charge in [0.25, 0.3) is 0 Å². The van der Waals surface area contributed by atoms with E-state index in [1.54, 1.807) is 19.1 Å². The number of pyridine rings is 2. The summed E-state index contributed by atoms with van der Waals surface area (Å²) in [5.41, 5.74) is 19.3. The van der Waals surface area contributed by atoms with E-state index in [-0.39, 0.29) is 44.2 Å². The summed E-state index contributed by atoms with van der Waals surface area (Å²) in [5, 5.41) is 0. The van der Waals surface area contributed by atoms with Crippen molar-refractivity contribution in [3.05, 3.63) is 88.8 Å². The average molecular weight is 566 g/mol. The molecule has 1 aliphatic rings. The molecule has 7 heteroatoms. The van der Waals surface area contributed by atoms with Gasteiger partial charge < -0.3 is 11.5 Å². The van der Waals surface area contributed by atoms with E-state index in [2.05, 4.69) is 55.0 Å². The number of aromatic nitrogens is 2. The van der Waals surface area contributed by atoms with Crippen LogP contribution in [0.15, 0.2) is 54.9 Å². The van der Waals surface area contributed by atoms with E-state index in [1.165, 1.54) is 26.8 Å². The quantitative estimate of drug-likeness (QED) is 0.247. The zero-order valence-electron chi connectivity index (χ0n) is 20.9. The standard InChI is InChI=1S/C18H20N2S.C7H7FN.C3H6N.Y/c1-4-12(3)14-8-9-19-16-10-17(21-18(14)16)15-7-6-13(5-2)11-20-15;1-5-2-3-6(9)4-7(5)8;4-3-1-2-3;/h6-12H,4-5H2,1-3H3;2-4,9H,1H3;3-4H,1-2H2;/q;2*-1;. The van der Waals surface area contributed by atoms with Crippen LogP contribution in [0.25, 0.3) is 32.3 Å². The van der Waals surface area contributed by atoms with Gasteiger partial charge in [-0.1, -0.05) is 51.8 Å². The summed E-state index contributed by atoms with van der Waals surface area (Å²) < 4.78 is 13.8. The summed E-state index contributed by atoms with van der Waals surface area (Å²) in [6.07, 6.45) is 8.38. The molecule has 0 spiro atoms. The van der Waals surface area contributed by atoms with Gasteiger partial charge >= 0.3 is 0 Å². The molecule has 0 bridgehead atoms. The van der Waals surface area contributed by atoms with Gasteiger partial charge in [-0.2, -0.15) is 0 Å². The van der Waals surface area contributed by atoms with Crippen molar-refractivity contribution >= 4 is 27.2 Å². The summed E-state index contributed by atoms with van der Waals surface area (Å²) in [6.45, 7) is 8.34. The van der Waals surface area contributed by atoms with Crippen LogP contribution in [0.3, 0.4) is 0 Å². The van der Waals surface area contributed by atoms with Gasteiger partial charge in [-0.05, 0) is 66.6 Å². The number of halogens is 1. The maximum Gasteiger partial charge on any atom is 0.124 e. The first-order valence-corrected chi connectivity index (χ1v) is 12.7. The minimum atomic E-state index is -0.303. The predicted octanol–water partition coefficient (Wildman–Crippen LogP) is 9.45. The summed E-state index contributed by atoms with van der Waals surface area (Å²) in [4.78, 5) is 10.3. The first kappa shape index (κ1) is 29.5. The predicted molar refractivity (Wildman–Crippen MR) is 143 cm³/mol. The molecule has 1 saturated carbocycles. The smallest absolute Gasteiger partial charge is 0.124 e. The number of fused-ring (bicyclic) bond motifs is 1. The molecule has 3 heterocycles. The van der Waals surface area contributed by atoms with Crippen LogP contribution in [0.1, 0.15) is 62.6 Å². The molecule has 0 aliphatic heterocycles. The summed E-state index contributed by atoms with van der Waals surface area (Å²) in [6, 6.07) is 13.3. The molecule has 0 saturated heterocycles. The van der Waals surface area contributed by atoms with Crippen LogP contribution in [0, 0.1) is 12.7 Å². The Morgan fingerprint density at radius 3 is 2.31 bits per heavy atom. The summed E-state index contributed by atoms with van der Waals surface area (Å²) in [5.74, 6) is 0.264. The molecule has 5 rings (SSSR count). The van der Waals surface area contributed by atoms with E-state index in [9.17, 15) is 4.39 Å². The van der Waals surface area contributed by atoms with Gasteiger partial charge in [0.2, 0.25) is 0 Å². The Morgan fingerprint density at radius 1 is 1.09 bits per heavy atom. The molecule has 4 nitrogen and oxygen atoms in total. The van der Waals surface area contributed by atoms with E-state index >= 15 is 0 Å². The van der Waals surface area contributed by atoms with E-state index in [0.717, 1.165) is 36.9 Å². The van der Waals surface area contributed by atoms with Gasteiger partial charge in [0.1, 0.15) is 5.82 Å². The van der Waals surface area contributed by atoms with E-state index in [0.29, 0.717) is 17.5 Å². The molecule has 35 heavy (non-hydrogen) atoms. The molecule has 1 unspecified atom stereocenters. The van der Waals surface area contributed by atoms with Crippen molar-refractivity contribution in [2.75, 3.05) is 0 Å². The molecular formula is C28H33FN4SY-2. The second kappa shape index (κ2) is 14.1. The Morgan fingerprint density at radius 2 is 1.80 bits per heavy atom. The molecule has 183 valence electrons. The van der Waals surface area contributed by atoms with Crippen molar-refractivity contribution in [2.24, 2.45) is 0 Å². The Bertz CT molecular complexity index is 1210. The number of nitrogens with zero attached hydrogens (tertiary/aromatic N) is 2. The zero-order chi connectivity index (χ0) is 24.7. The Hall–Kier alpha value is -1.73. The van der Waals surface area contributed by atoms with Gasteiger partial charge in [-0.3, -0.25) is 9.97 Å². The number of benzene rings is 1. The first-order chi connectivity index (χ1) is 16.3. The van der Waals surface area contributed by atoms with E-state index in [4.69, 9.17) is 11.5 Å². The topological polar surface area (TPSA) is 73.4 Å². The van der Waals surface area contributed by atoms with Crippen molar-refractivity contribution in [3.8, 4) is 10.6 Å². The minimum absolute atomic E-state index is 0. The fourth-order valence-corrected chi connectivity index (χ4v) is 4.37. The van der Waals surface area contributed by atoms with Crippen molar-refractivity contribution < 1.29 is 37.1 Å². The Balaban J connectivity index is 0.000000254. The number of nitrogens with one attached hydrogen (secondary N) is 2. The fraction of sp³-hybridized carbons (Fsp3) is 0.357. The maximum atomic E-state index is 12.5. The third-order valence-electron chi connectivity index (χ3n) is 5.82. The SMILES string of the molecule is CCc1ccc(-c2cc3nccc(C(C)CC)c3s2)nc1.Cc1ccc([NH-])cc1F.[NH-]C1CC1.[Y]. The van der Waals surface area contributed by atoms with Crippen molar-refractivity contribution in [1.82, 2.24) is 9.97 Å². The van der Waals surface area contributed by atoms with Crippen molar-refractivity contribution in [1.29, 1.82) is 0 Å². The number of hydrogen-bond acceptors (Lipinski definition) is 3. The first-order valence-electron chi connectivity index (χ1n) is 11.8. The second-order valence-electron chi connectivity index (χ2n) is 8.68. The number of rotatable bonds is 4. The minimum Gasteiger partial charge on any atom is -0.699 e. The van der Waals surface area contributed by atoms with Crippen LogP contribution >= 0.6 is 11.3 Å². The fourth-order valence-electron chi connectivity index (χ4n) is 3.15. The van der Waals surface area contributed by atoms with Crippen LogP contribution in [-0.2, 0) is 39.1 Å². The molecule has 1 aromatic carbocycles. The summed E-state index contributed by atoms with van der Waals surface area (Å²) >= 11 is 1.81. The molecular weight excluding hydrogens is 532 g/mol. The molecule has 1 fully saturated rings. The van der Waals surface area contributed by atoms with E-state index < -0.39 is 0 Å². The molecule has 4 aromatic rings. The maximum absolute atomic E-state index is 12.5. The van der Waals surface area contributed by atoms with Gasteiger partial charge in [-0.15, -0.1) is 23.1 Å². The molecule has 0 amide bonds. The number of thiophene rings is 1. The van der Waals surface area contributed by atoms with Crippen LogP contribution in [0.5, 0.6) is 0 Å². The van der Waals surface area contributed by atoms with Crippen molar-refractivity contribution in [3.63, 3.8) is 0 Å². The van der Waals surface area contributed by atoms with Gasteiger partial charge in [-0.25, -0.2) is 4.39 Å². The summed E-state index contributed by atoms with van der Waals surface area (Å²) in [7, 11) is 0. The second-order valence-corrected chi connectivity index (χ2v) is 9.73. The monoisotopic (exact) mass is 565 g/mol. The molecule has 2 N–H and O–H groups in total. The largest absolute Gasteiger partial charge is 0.699 e. The zero-order valence-corrected chi connectivity index (χ0v) is 24.6. The van der Waals surface area contributed by atoms with Gasteiger partial charge in [0.15, 0.2) is 0 Å². The third-order valence-corrected chi connectivity index (χ3v) is 7.02. The van der Waals surface area contributed by atoms with Crippen LogP contribution < -0.4 is 0 Å². The Labute approximate surface area is 237 Å². The van der Waals surface area contributed by atoms with Gasteiger partial charge in [0, 0.05) is 45.1 Å². The molecule has 3 aromatic heterocycles. The van der Waals surface area contributed by atoms with E-state index in [1.807, 2.05) is 23.7 Å². The Kier molecular flexibility index (Phi) is 11.9. The number of hydrogen-bond donors (Lipinski definition) is 0. The van der Waals surface area contributed by atoms with Crippen LogP contribution in [0.4, 0.5) is 10.1 Å². The normalized spacial score (nSPS) is 13.1. The molecule has 1 radical (unpaired) electrons. The van der Waals surface area contributed by atoms with Crippen molar-refractivity contribution in [2.45, 2.75) is 65.3 Å². The van der Waals surface area contributed by atoms with Gasteiger partial charge in [0.05, 0.1) is 20.8 Å². The van der Waals surface area contributed by atoms with Crippen LogP contribution in [0.2, 0.25) is 0 Å². The van der Waals surface area contributed by atoms with Crippen LogP contribution in [-0.4, -0.2) is 16.0 Å². The molecule has 1 aliphatic carbocycles. The third kappa shape index (κ3) is 8.71. The average Bonchev–Trinajstić information content (AvgIpc) is 3.51.